The number of hydrogen-bond acceptors (Lipinski definition) is 7. The third kappa shape index (κ3) is 3.70. The molecule has 0 fully saturated rings. The summed E-state index contributed by atoms with van der Waals surface area (Å²) in [5, 5.41) is 11.5. The standard InChI is InChI=1S/C17H17ClFN3O7/c1-27-16(24)17(28-2)29-12-8-10(19)9(7-11(12)22(25)26)13-14(18)20-5-3-4-6-21(20)15(13)23/h7-8,17H,3-6H2,1-2H3. The summed E-state index contributed by atoms with van der Waals surface area (Å²) in [4.78, 5) is 35.0. The van der Waals surface area contributed by atoms with Crippen LogP contribution >= 0.6 is 11.6 Å². The second-order valence-corrected chi connectivity index (χ2v) is 6.55. The van der Waals surface area contributed by atoms with E-state index >= 15 is 0 Å². The molecular weight excluding hydrogens is 413 g/mol. The van der Waals surface area contributed by atoms with Crippen LogP contribution in [0.5, 0.6) is 5.75 Å². The molecule has 10 nitrogen and oxygen atoms in total. The Labute approximate surface area is 168 Å². The maximum atomic E-state index is 14.9. The Morgan fingerprint density at radius 2 is 1.93 bits per heavy atom. The second-order valence-electron chi connectivity index (χ2n) is 6.19. The predicted molar refractivity (Wildman–Crippen MR) is 98.4 cm³/mol. The molecule has 1 atom stereocenters. The lowest BCUT2D eigenvalue weighted by Gasteiger charge is -2.17. The molecule has 1 aromatic carbocycles. The fourth-order valence-electron chi connectivity index (χ4n) is 3.13. The topological polar surface area (TPSA) is 115 Å². The first-order valence-corrected chi connectivity index (χ1v) is 8.92. The van der Waals surface area contributed by atoms with Crippen molar-refractivity contribution < 1.29 is 28.3 Å². The molecule has 0 spiro atoms. The Kier molecular flexibility index (Phi) is 5.89. The van der Waals surface area contributed by atoms with E-state index in [1.807, 2.05) is 0 Å². The van der Waals surface area contributed by atoms with Crippen LogP contribution in [0.4, 0.5) is 10.1 Å². The number of methoxy groups -OCH3 is 2. The van der Waals surface area contributed by atoms with Gasteiger partial charge in [-0.3, -0.25) is 19.6 Å². The van der Waals surface area contributed by atoms with E-state index in [4.69, 9.17) is 21.1 Å². The fraction of sp³-hybridized carbons (Fsp3) is 0.412. The van der Waals surface area contributed by atoms with E-state index in [0.29, 0.717) is 19.2 Å². The lowest BCUT2D eigenvalue weighted by molar-refractivity contribution is -0.386. The molecule has 0 aliphatic carbocycles. The molecule has 1 aliphatic heterocycles. The Morgan fingerprint density at radius 3 is 2.48 bits per heavy atom. The van der Waals surface area contributed by atoms with Gasteiger partial charge in [0.15, 0.2) is 0 Å². The molecule has 0 N–H and O–H groups in total. The molecule has 0 saturated heterocycles. The largest absolute Gasteiger partial charge is 0.464 e. The SMILES string of the molecule is COC(=O)C(OC)Oc1cc(F)c(-c2c(Cl)n3n(c2=O)CCCC3)cc1[N+](=O)[O-]. The minimum atomic E-state index is -1.64. The molecule has 1 aromatic heterocycles. The number of ether oxygens (including phenoxy) is 3. The summed E-state index contributed by atoms with van der Waals surface area (Å²) < 4.78 is 32.1. The molecule has 2 heterocycles. The van der Waals surface area contributed by atoms with Gasteiger partial charge in [0.1, 0.15) is 11.0 Å². The number of halogens is 2. The Bertz CT molecular complexity index is 1030. The van der Waals surface area contributed by atoms with E-state index in [9.17, 15) is 24.1 Å². The number of nitro groups is 1. The summed E-state index contributed by atoms with van der Waals surface area (Å²) in [6.45, 7) is 0.895. The van der Waals surface area contributed by atoms with Gasteiger partial charge in [-0.05, 0) is 12.8 Å². The number of carbonyl (C=O) groups is 1. The monoisotopic (exact) mass is 429 g/mol. The van der Waals surface area contributed by atoms with Crippen molar-refractivity contribution in [1.29, 1.82) is 0 Å². The van der Waals surface area contributed by atoms with Crippen LogP contribution in [0.2, 0.25) is 5.15 Å². The zero-order chi connectivity index (χ0) is 21.3. The van der Waals surface area contributed by atoms with Crippen molar-refractivity contribution in [3.8, 4) is 16.9 Å². The molecule has 2 aromatic rings. The van der Waals surface area contributed by atoms with E-state index < -0.39 is 40.0 Å². The molecule has 0 saturated carbocycles. The molecule has 0 bridgehead atoms. The van der Waals surface area contributed by atoms with Crippen LogP contribution < -0.4 is 10.3 Å². The Morgan fingerprint density at radius 1 is 1.28 bits per heavy atom. The number of nitrogens with zero attached hydrogens (tertiary/aromatic N) is 3. The summed E-state index contributed by atoms with van der Waals surface area (Å²) in [7, 11) is 2.19. The lowest BCUT2D eigenvalue weighted by atomic mass is 10.1. The average molecular weight is 430 g/mol. The number of benzene rings is 1. The summed E-state index contributed by atoms with van der Waals surface area (Å²) >= 11 is 6.29. The number of hydrogen-bond donors (Lipinski definition) is 0. The summed E-state index contributed by atoms with van der Waals surface area (Å²) in [5.74, 6) is -2.51. The van der Waals surface area contributed by atoms with Crippen LogP contribution in [0.1, 0.15) is 12.8 Å². The van der Waals surface area contributed by atoms with Crippen molar-refractivity contribution in [3.63, 3.8) is 0 Å². The molecule has 29 heavy (non-hydrogen) atoms. The Balaban J connectivity index is 2.13. The third-order valence-corrected chi connectivity index (χ3v) is 4.90. The van der Waals surface area contributed by atoms with E-state index in [2.05, 4.69) is 4.74 Å². The average Bonchev–Trinajstić information content (AvgIpc) is 2.96. The van der Waals surface area contributed by atoms with Crippen LogP contribution in [0, 0.1) is 15.9 Å². The van der Waals surface area contributed by atoms with Gasteiger partial charge in [-0.15, -0.1) is 0 Å². The van der Waals surface area contributed by atoms with Crippen LogP contribution in [0.15, 0.2) is 16.9 Å². The van der Waals surface area contributed by atoms with Crippen LogP contribution in [0.25, 0.3) is 11.1 Å². The summed E-state index contributed by atoms with van der Waals surface area (Å²) in [6, 6.07) is 1.56. The van der Waals surface area contributed by atoms with Crippen molar-refractivity contribution in [3.05, 3.63) is 43.6 Å². The van der Waals surface area contributed by atoms with Gasteiger partial charge in [0.2, 0.25) is 5.75 Å². The number of nitro benzene ring substituents is 1. The minimum Gasteiger partial charge on any atom is -0.464 e. The van der Waals surface area contributed by atoms with Crippen molar-refractivity contribution in [2.75, 3.05) is 14.2 Å². The van der Waals surface area contributed by atoms with E-state index in [0.717, 1.165) is 33.1 Å². The van der Waals surface area contributed by atoms with Gasteiger partial charge in [-0.2, -0.15) is 0 Å². The molecule has 1 aliphatic rings. The summed E-state index contributed by atoms with van der Waals surface area (Å²) in [6.07, 6.45) is -0.0738. The highest BCUT2D eigenvalue weighted by Crippen LogP contribution is 2.37. The van der Waals surface area contributed by atoms with Crippen molar-refractivity contribution in [1.82, 2.24) is 9.36 Å². The Hall–Kier alpha value is -2.92. The second kappa shape index (κ2) is 8.21. The van der Waals surface area contributed by atoms with E-state index in [-0.39, 0.29) is 16.3 Å². The molecule has 1 unspecified atom stereocenters. The number of esters is 1. The quantitative estimate of drug-likeness (QED) is 0.299. The molecule has 156 valence electrons. The highest BCUT2D eigenvalue weighted by atomic mass is 35.5. The molecule has 12 heteroatoms. The molecular formula is C17H17ClFN3O7. The highest BCUT2D eigenvalue weighted by Gasteiger charge is 2.30. The maximum Gasteiger partial charge on any atom is 0.376 e. The first-order valence-electron chi connectivity index (χ1n) is 8.54. The molecule has 3 rings (SSSR count). The van der Waals surface area contributed by atoms with Crippen molar-refractivity contribution >= 4 is 23.3 Å². The van der Waals surface area contributed by atoms with Gasteiger partial charge in [0.25, 0.3) is 11.8 Å². The van der Waals surface area contributed by atoms with Gasteiger partial charge in [-0.1, -0.05) is 11.6 Å². The van der Waals surface area contributed by atoms with Gasteiger partial charge in [-0.25, -0.2) is 13.9 Å². The van der Waals surface area contributed by atoms with Crippen molar-refractivity contribution in [2.24, 2.45) is 0 Å². The predicted octanol–water partition coefficient (Wildman–Crippen LogP) is 2.34. The highest BCUT2D eigenvalue weighted by molar-refractivity contribution is 6.32. The smallest absolute Gasteiger partial charge is 0.376 e. The van der Waals surface area contributed by atoms with Crippen molar-refractivity contribution in [2.45, 2.75) is 32.2 Å². The third-order valence-electron chi connectivity index (χ3n) is 4.52. The van der Waals surface area contributed by atoms with Gasteiger partial charge < -0.3 is 14.2 Å². The lowest BCUT2D eigenvalue weighted by Crippen LogP contribution is -2.30. The number of rotatable bonds is 6. The van der Waals surface area contributed by atoms with Crippen LogP contribution in [-0.2, 0) is 27.4 Å². The van der Waals surface area contributed by atoms with E-state index in [1.165, 1.54) is 9.36 Å². The number of carbonyl (C=O) groups excluding carboxylic acids is 1. The molecule has 0 radical (unpaired) electrons. The normalized spacial score (nSPS) is 14.2. The zero-order valence-corrected chi connectivity index (χ0v) is 16.3. The van der Waals surface area contributed by atoms with Gasteiger partial charge in [0.05, 0.1) is 17.6 Å². The van der Waals surface area contributed by atoms with Gasteiger partial charge in [0, 0.05) is 37.9 Å². The minimum absolute atomic E-state index is 0.000829. The van der Waals surface area contributed by atoms with Gasteiger partial charge >= 0.3 is 11.7 Å². The van der Waals surface area contributed by atoms with Crippen LogP contribution in [-0.4, -0.2) is 40.8 Å². The zero-order valence-electron chi connectivity index (χ0n) is 15.5. The molecule has 0 amide bonds. The number of fused-ring (bicyclic) bond motifs is 1. The number of aromatic nitrogens is 2. The van der Waals surface area contributed by atoms with Crippen LogP contribution in [0.3, 0.4) is 0 Å². The maximum absolute atomic E-state index is 14.9. The van der Waals surface area contributed by atoms with E-state index in [1.54, 1.807) is 0 Å². The fourth-order valence-corrected chi connectivity index (χ4v) is 3.49. The summed E-state index contributed by atoms with van der Waals surface area (Å²) in [5.41, 5.74) is -1.71. The first kappa shape index (κ1) is 20.8. The first-order chi connectivity index (χ1) is 13.8.